The first kappa shape index (κ1) is 12.9. The smallest absolute Gasteiger partial charge is 0.394 e. The van der Waals surface area contributed by atoms with E-state index in [1.54, 1.807) is 6.92 Å². The van der Waals surface area contributed by atoms with Crippen molar-refractivity contribution in [3.63, 3.8) is 0 Å². The molecule has 1 aromatic rings. The third-order valence-corrected chi connectivity index (χ3v) is 3.25. The van der Waals surface area contributed by atoms with Crippen molar-refractivity contribution in [1.82, 2.24) is 4.98 Å². The van der Waals surface area contributed by atoms with E-state index in [0.29, 0.717) is 12.5 Å². The Bertz CT molecular complexity index is 401. The average molecular weight is 253 g/mol. The van der Waals surface area contributed by atoms with Crippen LogP contribution in [0.1, 0.15) is 50.0 Å². The summed E-state index contributed by atoms with van der Waals surface area (Å²) in [5.74, 6) is 0.0180. The fraction of sp³-hybridized carbons (Fsp3) is 0.692. The molecule has 0 N–H and O–H groups in total. The first-order valence-electron chi connectivity index (χ1n) is 6.50. The third-order valence-electron chi connectivity index (χ3n) is 3.25. The van der Waals surface area contributed by atoms with Gasteiger partial charge in [-0.25, -0.2) is 4.79 Å². The van der Waals surface area contributed by atoms with Crippen LogP contribution in [0.4, 0.5) is 0 Å². The SMILES string of the molecule is CCOC(=O)c1coc(OC2CCCCC2C)n1. The second-order valence-electron chi connectivity index (χ2n) is 4.64. The molecule has 0 saturated heterocycles. The lowest BCUT2D eigenvalue weighted by molar-refractivity contribution is 0.0516. The monoisotopic (exact) mass is 253 g/mol. The van der Waals surface area contributed by atoms with E-state index in [0.717, 1.165) is 12.8 Å². The van der Waals surface area contributed by atoms with Gasteiger partial charge in [0.25, 0.3) is 0 Å². The standard InChI is InChI=1S/C13H19NO4/c1-3-16-12(15)10-8-17-13(14-10)18-11-7-5-4-6-9(11)2/h8-9,11H,3-7H2,1-2H3. The lowest BCUT2D eigenvalue weighted by Crippen LogP contribution is -2.28. The molecule has 2 rings (SSSR count). The summed E-state index contributed by atoms with van der Waals surface area (Å²) in [5, 5.41) is 0. The van der Waals surface area contributed by atoms with Crippen molar-refractivity contribution >= 4 is 5.97 Å². The topological polar surface area (TPSA) is 61.6 Å². The number of nitrogens with zero attached hydrogens (tertiary/aromatic N) is 1. The minimum absolute atomic E-state index is 0.132. The Hall–Kier alpha value is -1.52. The van der Waals surface area contributed by atoms with Gasteiger partial charge in [-0.15, -0.1) is 0 Å². The van der Waals surface area contributed by atoms with E-state index in [1.807, 2.05) is 0 Å². The summed E-state index contributed by atoms with van der Waals surface area (Å²) in [6.45, 7) is 4.24. The number of esters is 1. The average Bonchev–Trinajstić information content (AvgIpc) is 2.81. The number of aromatic nitrogens is 1. The zero-order valence-corrected chi connectivity index (χ0v) is 10.8. The van der Waals surface area contributed by atoms with Crippen molar-refractivity contribution in [2.45, 2.75) is 45.6 Å². The zero-order valence-electron chi connectivity index (χ0n) is 10.8. The molecule has 18 heavy (non-hydrogen) atoms. The highest BCUT2D eigenvalue weighted by molar-refractivity contribution is 5.86. The molecule has 1 aromatic heterocycles. The number of ether oxygens (including phenoxy) is 2. The van der Waals surface area contributed by atoms with Crippen molar-refractivity contribution < 1.29 is 18.7 Å². The first-order chi connectivity index (χ1) is 8.70. The van der Waals surface area contributed by atoms with Gasteiger partial charge in [-0.3, -0.25) is 0 Å². The van der Waals surface area contributed by atoms with Crippen LogP contribution in [-0.2, 0) is 4.74 Å². The van der Waals surface area contributed by atoms with Crippen molar-refractivity contribution in [2.24, 2.45) is 5.92 Å². The molecule has 1 saturated carbocycles. The number of carbonyl (C=O) groups is 1. The molecule has 5 heteroatoms. The second-order valence-corrected chi connectivity index (χ2v) is 4.64. The van der Waals surface area contributed by atoms with Crippen LogP contribution in [0.2, 0.25) is 0 Å². The maximum absolute atomic E-state index is 11.4. The fourth-order valence-electron chi connectivity index (χ4n) is 2.20. The lowest BCUT2D eigenvalue weighted by Gasteiger charge is -2.27. The van der Waals surface area contributed by atoms with Crippen LogP contribution in [0.3, 0.4) is 0 Å². The quantitative estimate of drug-likeness (QED) is 0.772. The summed E-state index contributed by atoms with van der Waals surface area (Å²) in [5.41, 5.74) is 0.162. The summed E-state index contributed by atoms with van der Waals surface area (Å²) in [6.07, 6.45) is 6.17. The third kappa shape index (κ3) is 3.03. The van der Waals surface area contributed by atoms with Crippen molar-refractivity contribution in [3.05, 3.63) is 12.0 Å². The molecule has 1 heterocycles. The Balaban J connectivity index is 1.95. The van der Waals surface area contributed by atoms with Crippen LogP contribution in [0.5, 0.6) is 6.08 Å². The van der Waals surface area contributed by atoms with E-state index in [-0.39, 0.29) is 17.9 Å². The zero-order chi connectivity index (χ0) is 13.0. The Morgan fingerprint density at radius 1 is 1.50 bits per heavy atom. The summed E-state index contributed by atoms with van der Waals surface area (Å²) < 4.78 is 15.7. The molecule has 5 nitrogen and oxygen atoms in total. The molecule has 0 aliphatic heterocycles. The van der Waals surface area contributed by atoms with E-state index in [9.17, 15) is 4.79 Å². The fourth-order valence-corrected chi connectivity index (χ4v) is 2.20. The number of oxazole rings is 1. The van der Waals surface area contributed by atoms with E-state index < -0.39 is 5.97 Å². The van der Waals surface area contributed by atoms with E-state index in [2.05, 4.69) is 11.9 Å². The van der Waals surface area contributed by atoms with Crippen LogP contribution in [-0.4, -0.2) is 23.7 Å². The maximum Gasteiger partial charge on any atom is 0.394 e. The van der Waals surface area contributed by atoms with Crippen molar-refractivity contribution in [3.8, 4) is 6.08 Å². The molecule has 100 valence electrons. The van der Waals surface area contributed by atoms with E-state index in [4.69, 9.17) is 13.9 Å². The first-order valence-corrected chi connectivity index (χ1v) is 6.50. The molecule has 0 radical (unpaired) electrons. The number of hydrogen-bond acceptors (Lipinski definition) is 5. The molecule has 0 amide bonds. The number of rotatable bonds is 4. The van der Waals surface area contributed by atoms with Crippen LogP contribution in [0.25, 0.3) is 0 Å². The van der Waals surface area contributed by atoms with Gasteiger partial charge in [0.05, 0.1) is 6.61 Å². The van der Waals surface area contributed by atoms with Gasteiger partial charge in [-0.1, -0.05) is 13.3 Å². The Morgan fingerprint density at radius 3 is 3.00 bits per heavy atom. The predicted octanol–water partition coefficient (Wildman–Crippen LogP) is 2.81. The molecule has 1 aliphatic carbocycles. The molecular formula is C13H19NO4. The molecule has 0 aromatic carbocycles. The van der Waals surface area contributed by atoms with Crippen LogP contribution in [0.15, 0.2) is 10.7 Å². The highest BCUT2D eigenvalue weighted by Gasteiger charge is 2.25. The molecule has 1 fully saturated rings. The van der Waals surface area contributed by atoms with E-state index >= 15 is 0 Å². The molecular weight excluding hydrogens is 234 g/mol. The van der Waals surface area contributed by atoms with Crippen LogP contribution < -0.4 is 4.74 Å². The van der Waals surface area contributed by atoms with Gasteiger partial charge >= 0.3 is 12.0 Å². The number of carbonyl (C=O) groups excluding carboxylic acids is 1. The van der Waals surface area contributed by atoms with E-state index in [1.165, 1.54) is 19.1 Å². The normalized spacial score (nSPS) is 23.7. The van der Waals surface area contributed by atoms with Crippen molar-refractivity contribution in [1.29, 1.82) is 0 Å². The Labute approximate surface area is 106 Å². The van der Waals surface area contributed by atoms with Gasteiger partial charge in [-0.2, -0.15) is 4.98 Å². The lowest BCUT2D eigenvalue weighted by atomic mass is 9.88. The Kier molecular flexibility index (Phi) is 4.23. The number of hydrogen-bond donors (Lipinski definition) is 0. The van der Waals surface area contributed by atoms with Crippen LogP contribution >= 0.6 is 0 Å². The van der Waals surface area contributed by atoms with Crippen LogP contribution in [0, 0.1) is 5.92 Å². The molecule has 2 atom stereocenters. The minimum Gasteiger partial charge on any atom is -0.461 e. The summed E-state index contributed by atoms with van der Waals surface area (Å²) in [7, 11) is 0. The molecule has 0 bridgehead atoms. The van der Waals surface area contributed by atoms with Gasteiger partial charge in [-0.05, 0) is 32.1 Å². The van der Waals surface area contributed by atoms with Gasteiger partial charge in [0, 0.05) is 0 Å². The summed E-state index contributed by atoms with van der Waals surface area (Å²) in [4.78, 5) is 15.4. The largest absolute Gasteiger partial charge is 0.461 e. The van der Waals surface area contributed by atoms with Gasteiger partial charge in [0.2, 0.25) is 0 Å². The molecule has 1 aliphatic rings. The summed E-state index contributed by atoms with van der Waals surface area (Å²) in [6, 6.07) is 0. The summed E-state index contributed by atoms with van der Waals surface area (Å²) >= 11 is 0. The van der Waals surface area contributed by atoms with Gasteiger partial charge in [0.1, 0.15) is 12.4 Å². The highest BCUT2D eigenvalue weighted by Crippen LogP contribution is 2.27. The minimum atomic E-state index is -0.479. The predicted molar refractivity (Wildman–Crippen MR) is 64.5 cm³/mol. The maximum atomic E-state index is 11.4. The molecule has 2 unspecified atom stereocenters. The van der Waals surface area contributed by atoms with Crippen molar-refractivity contribution in [2.75, 3.05) is 6.61 Å². The second kappa shape index (κ2) is 5.89. The van der Waals surface area contributed by atoms with Gasteiger partial charge in [0.15, 0.2) is 5.69 Å². The van der Waals surface area contributed by atoms with Gasteiger partial charge < -0.3 is 13.9 Å². The Morgan fingerprint density at radius 2 is 2.28 bits per heavy atom. The highest BCUT2D eigenvalue weighted by atomic mass is 16.6. The molecule has 0 spiro atoms.